The lowest BCUT2D eigenvalue weighted by Gasteiger charge is -2.26. The average molecular weight is 323 g/mol. The maximum absolute atomic E-state index is 12.3. The standard InChI is InChI=1S/C19H21N3O2/c23-18(22-11-2-1-3-12-22)13-15-6-8-17(9-7-15)21-19(24)16-5-4-10-20-14-16/h4-10,14H,1-3,11-13H2,(H,21,24). The van der Waals surface area contributed by atoms with Crippen molar-refractivity contribution in [2.24, 2.45) is 0 Å². The summed E-state index contributed by atoms with van der Waals surface area (Å²) in [7, 11) is 0. The van der Waals surface area contributed by atoms with Crippen LogP contribution in [0.1, 0.15) is 35.2 Å². The highest BCUT2D eigenvalue weighted by Gasteiger charge is 2.16. The molecule has 0 spiro atoms. The molecule has 5 heteroatoms. The first-order valence-electron chi connectivity index (χ1n) is 8.30. The molecule has 3 rings (SSSR count). The van der Waals surface area contributed by atoms with Gasteiger partial charge in [-0.1, -0.05) is 12.1 Å². The lowest BCUT2D eigenvalue weighted by molar-refractivity contribution is -0.131. The summed E-state index contributed by atoms with van der Waals surface area (Å²) in [6, 6.07) is 10.9. The Balaban J connectivity index is 1.57. The summed E-state index contributed by atoms with van der Waals surface area (Å²) in [5, 5.41) is 2.83. The van der Waals surface area contributed by atoms with Crippen molar-refractivity contribution in [3.8, 4) is 0 Å². The fourth-order valence-corrected chi connectivity index (χ4v) is 2.84. The highest BCUT2D eigenvalue weighted by molar-refractivity contribution is 6.04. The average Bonchev–Trinajstić information content (AvgIpc) is 2.65. The van der Waals surface area contributed by atoms with Crippen molar-refractivity contribution >= 4 is 17.5 Å². The minimum atomic E-state index is -0.194. The number of carbonyl (C=O) groups excluding carboxylic acids is 2. The third kappa shape index (κ3) is 4.19. The molecular weight excluding hydrogens is 302 g/mol. The fraction of sp³-hybridized carbons (Fsp3) is 0.316. The molecule has 0 unspecified atom stereocenters. The SMILES string of the molecule is O=C(Nc1ccc(CC(=O)N2CCCCC2)cc1)c1cccnc1. The molecule has 24 heavy (non-hydrogen) atoms. The number of hydrogen-bond donors (Lipinski definition) is 1. The summed E-state index contributed by atoms with van der Waals surface area (Å²) in [4.78, 5) is 30.2. The van der Waals surface area contributed by atoms with Crippen LogP contribution in [0, 0.1) is 0 Å². The Bertz CT molecular complexity index is 692. The maximum Gasteiger partial charge on any atom is 0.257 e. The van der Waals surface area contributed by atoms with Gasteiger partial charge in [0.15, 0.2) is 0 Å². The number of likely N-dealkylation sites (tertiary alicyclic amines) is 1. The van der Waals surface area contributed by atoms with E-state index >= 15 is 0 Å². The van der Waals surface area contributed by atoms with E-state index in [-0.39, 0.29) is 11.8 Å². The van der Waals surface area contributed by atoms with Gasteiger partial charge in [-0.25, -0.2) is 0 Å². The predicted molar refractivity (Wildman–Crippen MR) is 92.8 cm³/mol. The van der Waals surface area contributed by atoms with Crippen LogP contribution in [0.4, 0.5) is 5.69 Å². The van der Waals surface area contributed by atoms with Gasteiger partial charge in [0, 0.05) is 31.2 Å². The van der Waals surface area contributed by atoms with Crippen molar-refractivity contribution in [1.82, 2.24) is 9.88 Å². The summed E-state index contributed by atoms with van der Waals surface area (Å²) in [6.07, 6.45) is 6.99. The Hall–Kier alpha value is -2.69. The lowest BCUT2D eigenvalue weighted by atomic mass is 10.1. The van der Waals surface area contributed by atoms with E-state index in [0.717, 1.165) is 31.5 Å². The van der Waals surface area contributed by atoms with Gasteiger partial charge in [0.25, 0.3) is 5.91 Å². The van der Waals surface area contributed by atoms with Gasteiger partial charge in [0.2, 0.25) is 5.91 Å². The number of carbonyl (C=O) groups is 2. The van der Waals surface area contributed by atoms with Crippen molar-refractivity contribution in [2.75, 3.05) is 18.4 Å². The van der Waals surface area contributed by atoms with Crippen molar-refractivity contribution < 1.29 is 9.59 Å². The van der Waals surface area contributed by atoms with E-state index in [1.54, 1.807) is 18.3 Å². The number of rotatable bonds is 4. The molecule has 0 aliphatic carbocycles. The highest BCUT2D eigenvalue weighted by atomic mass is 16.2. The van der Waals surface area contributed by atoms with Gasteiger partial charge in [-0.15, -0.1) is 0 Å². The minimum Gasteiger partial charge on any atom is -0.342 e. The van der Waals surface area contributed by atoms with Gasteiger partial charge in [0.05, 0.1) is 12.0 Å². The van der Waals surface area contributed by atoms with Gasteiger partial charge in [-0.3, -0.25) is 14.6 Å². The number of benzene rings is 1. The van der Waals surface area contributed by atoms with Crippen LogP contribution in [0.25, 0.3) is 0 Å². The van der Waals surface area contributed by atoms with Crippen molar-refractivity contribution in [1.29, 1.82) is 0 Å². The van der Waals surface area contributed by atoms with Crippen LogP contribution in [0.5, 0.6) is 0 Å². The molecule has 5 nitrogen and oxygen atoms in total. The lowest BCUT2D eigenvalue weighted by Crippen LogP contribution is -2.36. The molecule has 0 atom stereocenters. The molecule has 124 valence electrons. The molecule has 1 N–H and O–H groups in total. The number of hydrogen-bond acceptors (Lipinski definition) is 3. The van der Waals surface area contributed by atoms with Gasteiger partial charge in [-0.2, -0.15) is 0 Å². The summed E-state index contributed by atoms with van der Waals surface area (Å²) in [6.45, 7) is 1.75. The molecule has 0 saturated carbocycles. The Morgan fingerprint density at radius 2 is 1.79 bits per heavy atom. The minimum absolute atomic E-state index is 0.182. The molecule has 1 aromatic carbocycles. The first kappa shape index (κ1) is 16.2. The number of nitrogens with one attached hydrogen (secondary N) is 1. The van der Waals surface area contributed by atoms with Crippen LogP contribution >= 0.6 is 0 Å². The topological polar surface area (TPSA) is 62.3 Å². The zero-order valence-corrected chi connectivity index (χ0v) is 13.6. The third-order valence-corrected chi connectivity index (χ3v) is 4.20. The van der Waals surface area contributed by atoms with Crippen LogP contribution in [0.3, 0.4) is 0 Å². The quantitative estimate of drug-likeness (QED) is 0.941. The van der Waals surface area contributed by atoms with Crippen molar-refractivity contribution in [3.63, 3.8) is 0 Å². The van der Waals surface area contributed by atoms with E-state index in [9.17, 15) is 9.59 Å². The summed E-state index contributed by atoms with van der Waals surface area (Å²) < 4.78 is 0. The second-order valence-electron chi connectivity index (χ2n) is 6.01. The smallest absolute Gasteiger partial charge is 0.257 e. The van der Waals surface area contributed by atoms with E-state index in [2.05, 4.69) is 10.3 Å². The number of aromatic nitrogens is 1. The van der Waals surface area contributed by atoms with E-state index < -0.39 is 0 Å². The number of nitrogens with zero attached hydrogens (tertiary/aromatic N) is 2. The second-order valence-corrected chi connectivity index (χ2v) is 6.01. The predicted octanol–water partition coefficient (Wildman–Crippen LogP) is 2.89. The van der Waals surface area contributed by atoms with Crippen LogP contribution in [0.15, 0.2) is 48.8 Å². The van der Waals surface area contributed by atoms with Crippen LogP contribution in [-0.2, 0) is 11.2 Å². The van der Waals surface area contributed by atoms with Gasteiger partial charge >= 0.3 is 0 Å². The summed E-state index contributed by atoms with van der Waals surface area (Å²) in [5.74, 6) is -0.0120. The van der Waals surface area contributed by atoms with Gasteiger partial charge in [-0.05, 0) is 49.1 Å². The van der Waals surface area contributed by atoms with Gasteiger partial charge < -0.3 is 10.2 Å². The largest absolute Gasteiger partial charge is 0.342 e. The van der Waals surface area contributed by atoms with Crippen molar-refractivity contribution in [2.45, 2.75) is 25.7 Å². The Morgan fingerprint density at radius 3 is 2.46 bits per heavy atom. The Kier molecular flexibility index (Phi) is 5.21. The van der Waals surface area contributed by atoms with Gasteiger partial charge in [0.1, 0.15) is 0 Å². The molecular formula is C19H21N3O2. The Morgan fingerprint density at radius 1 is 1.04 bits per heavy atom. The Labute approximate surface area is 141 Å². The molecule has 2 amide bonds. The maximum atomic E-state index is 12.3. The highest BCUT2D eigenvalue weighted by Crippen LogP contribution is 2.14. The van der Waals surface area contributed by atoms with E-state index in [1.165, 1.54) is 12.6 Å². The zero-order chi connectivity index (χ0) is 16.8. The molecule has 1 aromatic heterocycles. The van der Waals surface area contributed by atoms with Crippen LogP contribution in [0.2, 0.25) is 0 Å². The van der Waals surface area contributed by atoms with E-state index in [1.807, 2.05) is 29.2 Å². The van der Waals surface area contributed by atoms with Crippen LogP contribution < -0.4 is 5.32 Å². The zero-order valence-electron chi connectivity index (χ0n) is 13.6. The molecule has 0 radical (unpaired) electrons. The van der Waals surface area contributed by atoms with E-state index in [4.69, 9.17) is 0 Å². The fourth-order valence-electron chi connectivity index (χ4n) is 2.84. The molecule has 2 aromatic rings. The number of anilines is 1. The molecule has 0 bridgehead atoms. The first-order valence-corrected chi connectivity index (χ1v) is 8.30. The molecule has 1 fully saturated rings. The summed E-state index contributed by atoms with van der Waals surface area (Å²) in [5.41, 5.74) is 2.19. The third-order valence-electron chi connectivity index (χ3n) is 4.20. The van der Waals surface area contributed by atoms with Crippen molar-refractivity contribution in [3.05, 3.63) is 59.9 Å². The van der Waals surface area contributed by atoms with Crippen LogP contribution in [-0.4, -0.2) is 34.8 Å². The molecule has 1 aliphatic heterocycles. The number of piperidine rings is 1. The molecule has 1 aliphatic rings. The van der Waals surface area contributed by atoms with E-state index in [0.29, 0.717) is 17.7 Å². The normalized spacial score (nSPS) is 14.2. The number of pyridine rings is 1. The molecule has 1 saturated heterocycles. The second kappa shape index (κ2) is 7.73. The first-order chi connectivity index (χ1) is 11.7. The monoisotopic (exact) mass is 323 g/mol. The number of amides is 2. The summed E-state index contributed by atoms with van der Waals surface area (Å²) >= 11 is 0. The molecule has 2 heterocycles.